The van der Waals surface area contributed by atoms with E-state index in [4.69, 9.17) is 5.73 Å². The van der Waals surface area contributed by atoms with Gasteiger partial charge in [0.15, 0.2) is 0 Å². The Balaban J connectivity index is 1.72. The van der Waals surface area contributed by atoms with E-state index in [1.165, 1.54) is 5.56 Å². The minimum Gasteiger partial charge on any atom is -0.335 e. The Morgan fingerprint density at radius 3 is 2.31 bits per heavy atom. The van der Waals surface area contributed by atoms with Crippen LogP contribution in [0.3, 0.4) is 0 Å². The highest BCUT2D eigenvalue weighted by Gasteiger charge is 2.49. The highest BCUT2D eigenvalue weighted by atomic mass is 16.2. The molecule has 0 radical (unpaired) electrons. The zero-order valence-electron chi connectivity index (χ0n) is 9.23. The number of carbonyl (C=O) groups is 1. The molecule has 3 heteroatoms. The van der Waals surface area contributed by atoms with Crippen LogP contribution >= 0.6 is 0 Å². The smallest absolute Gasteiger partial charge is 0.226 e. The third-order valence-corrected chi connectivity index (χ3v) is 3.80. The molecule has 0 spiro atoms. The van der Waals surface area contributed by atoms with Gasteiger partial charge in [-0.1, -0.05) is 24.3 Å². The summed E-state index contributed by atoms with van der Waals surface area (Å²) in [5, 5.41) is 0. The molecule has 3 aliphatic rings. The molecule has 84 valence electrons. The summed E-state index contributed by atoms with van der Waals surface area (Å²) in [7, 11) is 0. The van der Waals surface area contributed by atoms with Crippen molar-refractivity contribution in [2.24, 2.45) is 11.7 Å². The molecule has 0 unspecified atom stereocenters. The van der Waals surface area contributed by atoms with Crippen molar-refractivity contribution in [3.8, 4) is 0 Å². The number of benzene rings is 1. The maximum absolute atomic E-state index is 11.8. The number of rotatable bonds is 3. The fraction of sp³-hybridized carbons (Fsp3) is 0.462. The Hall–Kier alpha value is -1.35. The summed E-state index contributed by atoms with van der Waals surface area (Å²) in [5.41, 5.74) is 7.90. The number of nitrogens with two attached hydrogens (primary N) is 1. The first kappa shape index (κ1) is 9.85. The van der Waals surface area contributed by atoms with Gasteiger partial charge in [0, 0.05) is 25.0 Å². The molecule has 2 aliphatic heterocycles. The summed E-state index contributed by atoms with van der Waals surface area (Å²) in [6.45, 7) is 1.35. The number of fused-ring (bicyclic) bond motifs is 1. The summed E-state index contributed by atoms with van der Waals surface area (Å²) in [6, 6.07) is 8.75. The van der Waals surface area contributed by atoms with E-state index < -0.39 is 0 Å². The molecule has 3 nitrogen and oxygen atoms in total. The lowest BCUT2D eigenvalue weighted by atomic mass is 9.86. The number of nitrogens with zero attached hydrogens (tertiary/aromatic N) is 1. The van der Waals surface area contributed by atoms with Crippen LogP contribution in [0, 0.1) is 5.92 Å². The van der Waals surface area contributed by atoms with Crippen LogP contribution in [0.2, 0.25) is 0 Å². The second kappa shape index (κ2) is 3.59. The van der Waals surface area contributed by atoms with Crippen molar-refractivity contribution in [2.75, 3.05) is 0 Å². The van der Waals surface area contributed by atoms with E-state index in [2.05, 4.69) is 12.1 Å². The molecule has 16 heavy (non-hydrogen) atoms. The van der Waals surface area contributed by atoms with E-state index in [0.717, 1.165) is 24.9 Å². The van der Waals surface area contributed by atoms with Crippen LogP contribution in [0.4, 0.5) is 0 Å². The summed E-state index contributed by atoms with van der Waals surface area (Å²) in [4.78, 5) is 13.8. The van der Waals surface area contributed by atoms with E-state index in [1.54, 1.807) is 0 Å². The number of carbonyl (C=O) groups excluding carboxylic acids is 1. The van der Waals surface area contributed by atoms with Crippen LogP contribution in [0.1, 0.15) is 24.0 Å². The molecule has 0 atom stereocenters. The summed E-state index contributed by atoms with van der Waals surface area (Å²) < 4.78 is 0. The molecule has 1 saturated carbocycles. The molecular weight excluding hydrogens is 200 g/mol. The quantitative estimate of drug-likeness (QED) is 0.827. The molecule has 3 fully saturated rings. The van der Waals surface area contributed by atoms with Crippen LogP contribution in [0.15, 0.2) is 24.3 Å². The highest BCUT2D eigenvalue weighted by Crippen LogP contribution is 2.42. The second-order valence-electron chi connectivity index (χ2n) is 4.81. The van der Waals surface area contributed by atoms with Crippen molar-refractivity contribution >= 4 is 5.91 Å². The second-order valence-corrected chi connectivity index (χ2v) is 4.81. The molecule has 2 heterocycles. The third kappa shape index (κ3) is 1.43. The number of hydrogen-bond acceptors (Lipinski definition) is 2. The molecule has 2 bridgehead atoms. The molecule has 1 aromatic rings. The molecule has 2 saturated heterocycles. The predicted octanol–water partition coefficient (Wildman–Crippen LogP) is 1.27. The van der Waals surface area contributed by atoms with Gasteiger partial charge in [-0.2, -0.15) is 0 Å². The third-order valence-electron chi connectivity index (χ3n) is 3.80. The Morgan fingerprint density at radius 2 is 1.81 bits per heavy atom. The van der Waals surface area contributed by atoms with Gasteiger partial charge in [-0.3, -0.25) is 4.79 Å². The highest BCUT2D eigenvalue weighted by molar-refractivity contribution is 5.84. The Bertz CT molecular complexity index is 406. The van der Waals surface area contributed by atoms with Gasteiger partial charge in [-0.25, -0.2) is 0 Å². The first-order chi connectivity index (χ1) is 7.78. The zero-order valence-corrected chi connectivity index (χ0v) is 9.23. The SMILES string of the molecule is NCc1ccc(CN2C(=O)C3CC2C3)cc1. The van der Waals surface area contributed by atoms with E-state index >= 15 is 0 Å². The van der Waals surface area contributed by atoms with E-state index in [-0.39, 0.29) is 0 Å². The Kier molecular flexibility index (Phi) is 2.21. The fourth-order valence-electron chi connectivity index (χ4n) is 2.64. The minimum atomic E-state index is 0.341. The first-order valence-corrected chi connectivity index (χ1v) is 5.86. The molecule has 0 aromatic heterocycles. The van der Waals surface area contributed by atoms with E-state index in [1.807, 2.05) is 17.0 Å². The Morgan fingerprint density at radius 1 is 1.19 bits per heavy atom. The van der Waals surface area contributed by atoms with Gasteiger partial charge in [-0.15, -0.1) is 0 Å². The van der Waals surface area contributed by atoms with Crippen molar-refractivity contribution in [3.05, 3.63) is 35.4 Å². The average molecular weight is 216 g/mol. The summed E-state index contributed by atoms with van der Waals surface area (Å²) >= 11 is 0. The average Bonchev–Trinajstić information content (AvgIpc) is 2.70. The zero-order chi connectivity index (χ0) is 11.1. The number of hydrogen-bond donors (Lipinski definition) is 1. The Labute approximate surface area is 95.2 Å². The first-order valence-electron chi connectivity index (χ1n) is 5.86. The van der Waals surface area contributed by atoms with E-state index in [0.29, 0.717) is 24.4 Å². The normalized spacial score (nSPS) is 27.1. The monoisotopic (exact) mass is 216 g/mol. The lowest BCUT2D eigenvalue weighted by Crippen LogP contribution is -2.29. The van der Waals surface area contributed by atoms with Crippen LogP contribution in [-0.4, -0.2) is 16.8 Å². The lowest BCUT2D eigenvalue weighted by Gasteiger charge is -2.25. The van der Waals surface area contributed by atoms with Gasteiger partial charge in [0.2, 0.25) is 5.91 Å². The predicted molar refractivity (Wildman–Crippen MR) is 61.4 cm³/mol. The van der Waals surface area contributed by atoms with Gasteiger partial charge < -0.3 is 10.6 Å². The summed E-state index contributed by atoms with van der Waals surface area (Å²) in [5.74, 6) is 0.696. The van der Waals surface area contributed by atoms with Crippen molar-refractivity contribution in [2.45, 2.75) is 32.0 Å². The molecule has 4 rings (SSSR count). The maximum Gasteiger partial charge on any atom is 0.226 e. The van der Waals surface area contributed by atoms with Crippen molar-refractivity contribution in [1.29, 1.82) is 0 Å². The van der Waals surface area contributed by atoms with Gasteiger partial charge in [0.25, 0.3) is 0 Å². The standard InChI is InChI=1S/C13H16N2O/c14-7-9-1-3-10(4-2-9)8-15-12-5-11(6-12)13(15)16/h1-4,11-12H,5-8,14H2. The van der Waals surface area contributed by atoms with Crippen LogP contribution in [0.5, 0.6) is 0 Å². The minimum absolute atomic E-state index is 0.341. The van der Waals surface area contributed by atoms with Gasteiger partial charge in [0.1, 0.15) is 0 Å². The van der Waals surface area contributed by atoms with Gasteiger partial charge >= 0.3 is 0 Å². The van der Waals surface area contributed by atoms with Crippen LogP contribution in [0.25, 0.3) is 0 Å². The molecular formula is C13H16N2O. The topological polar surface area (TPSA) is 46.3 Å². The number of amides is 1. The molecule has 2 N–H and O–H groups in total. The van der Waals surface area contributed by atoms with Crippen molar-refractivity contribution in [1.82, 2.24) is 4.90 Å². The molecule has 1 amide bonds. The van der Waals surface area contributed by atoms with Crippen molar-refractivity contribution in [3.63, 3.8) is 0 Å². The van der Waals surface area contributed by atoms with Crippen LogP contribution in [-0.2, 0) is 17.9 Å². The van der Waals surface area contributed by atoms with Gasteiger partial charge in [0.05, 0.1) is 0 Å². The fourth-order valence-corrected chi connectivity index (χ4v) is 2.64. The summed E-state index contributed by atoms with van der Waals surface area (Å²) in [6.07, 6.45) is 2.17. The van der Waals surface area contributed by atoms with Crippen LogP contribution < -0.4 is 5.73 Å². The lowest BCUT2D eigenvalue weighted by molar-refractivity contribution is -0.129. The molecule has 1 aliphatic carbocycles. The largest absolute Gasteiger partial charge is 0.335 e. The van der Waals surface area contributed by atoms with Crippen molar-refractivity contribution < 1.29 is 4.79 Å². The van der Waals surface area contributed by atoms with Gasteiger partial charge in [-0.05, 0) is 24.0 Å². The van der Waals surface area contributed by atoms with E-state index in [9.17, 15) is 4.79 Å². The molecule has 1 aromatic carbocycles. The maximum atomic E-state index is 11.8.